The van der Waals surface area contributed by atoms with Crippen LogP contribution in [0.4, 0.5) is 5.69 Å². The highest BCUT2D eigenvalue weighted by atomic mass is 32.1. The Kier molecular flexibility index (Phi) is 5.53. The molecular formula is C21H21N3O3S. The van der Waals surface area contributed by atoms with Crippen molar-refractivity contribution in [1.29, 1.82) is 0 Å². The van der Waals surface area contributed by atoms with Crippen molar-refractivity contribution in [3.05, 3.63) is 70.7 Å². The molecule has 0 spiro atoms. The zero-order chi connectivity index (χ0) is 19.3. The van der Waals surface area contributed by atoms with Crippen molar-refractivity contribution in [2.24, 2.45) is 0 Å². The molecule has 1 N–H and O–H groups in total. The number of aromatic nitrogens is 1. The summed E-state index contributed by atoms with van der Waals surface area (Å²) in [5, 5.41) is 8.70. The second-order valence-corrected chi connectivity index (χ2v) is 7.77. The van der Waals surface area contributed by atoms with Crippen LogP contribution in [0.1, 0.15) is 47.2 Å². The van der Waals surface area contributed by atoms with Gasteiger partial charge in [0.25, 0.3) is 5.91 Å². The minimum Gasteiger partial charge on any atom is -0.351 e. The second-order valence-electron chi connectivity index (χ2n) is 6.80. The van der Waals surface area contributed by atoms with Crippen molar-refractivity contribution in [3.63, 3.8) is 0 Å². The summed E-state index contributed by atoms with van der Waals surface area (Å²) in [5.41, 5.74) is 0.629. The molecule has 144 valence electrons. The SMILES string of the molecule is O=C(NC1CCCC1)[C@@H](c1cccs1)N(C(=O)c1ccno1)c1ccccc1. The van der Waals surface area contributed by atoms with Gasteiger partial charge in [0.2, 0.25) is 11.7 Å². The van der Waals surface area contributed by atoms with Crippen LogP contribution >= 0.6 is 11.3 Å². The van der Waals surface area contributed by atoms with E-state index in [1.54, 1.807) is 0 Å². The maximum absolute atomic E-state index is 13.3. The Morgan fingerprint density at radius 1 is 1.11 bits per heavy atom. The molecule has 2 heterocycles. The van der Waals surface area contributed by atoms with Gasteiger partial charge in [-0.3, -0.25) is 14.5 Å². The summed E-state index contributed by atoms with van der Waals surface area (Å²) < 4.78 is 5.11. The summed E-state index contributed by atoms with van der Waals surface area (Å²) in [6.45, 7) is 0. The van der Waals surface area contributed by atoms with E-state index in [0.717, 1.165) is 30.6 Å². The van der Waals surface area contributed by atoms with E-state index in [-0.39, 0.29) is 17.7 Å². The minimum absolute atomic E-state index is 0.0964. The van der Waals surface area contributed by atoms with Gasteiger partial charge in [-0.1, -0.05) is 42.3 Å². The second kappa shape index (κ2) is 8.39. The summed E-state index contributed by atoms with van der Waals surface area (Å²) in [6.07, 6.45) is 5.62. The van der Waals surface area contributed by atoms with E-state index in [9.17, 15) is 9.59 Å². The van der Waals surface area contributed by atoms with Gasteiger partial charge in [0.15, 0.2) is 6.04 Å². The van der Waals surface area contributed by atoms with Gasteiger partial charge in [-0.15, -0.1) is 11.3 Å². The number of hydrogen-bond donors (Lipinski definition) is 1. The Labute approximate surface area is 167 Å². The van der Waals surface area contributed by atoms with Gasteiger partial charge in [0.1, 0.15) is 0 Å². The highest BCUT2D eigenvalue weighted by Crippen LogP contribution is 2.32. The maximum Gasteiger partial charge on any atom is 0.297 e. The van der Waals surface area contributed by atoms with Crippen molar-refractivity contribution < 1.29 is 14.1 Å². The van der Waals surface area contributed by atoms with E-state index in [2.05, 4.69) is 10.5 Å². The summed E-state index contributed by atoms with van der Waals surface area (Å²) in [5.74, 6) is -0.478. The molecule has 1 aromatic carbocycles. The van der Waals surface area contributed by atoms with Gasteiger partial charge in [-0.2, -0.15) is 0 Å². The fourth-order valence-electron chi connectivity index (χ4n) is 3.59. The molecule has 0 aliphatic heterocycles. The highest BCUT2D eigenvalue weighted by molar-refractivity contribution is 7.10. The van der Waals surface area contributed by atoms with Gasteiger partial charge in [-0.05, 0) is 36.4 Å². The third-order valence-electron chi connectivity index (χ3n) is 4.92. The van der Waals surface area contributed by atoms with E-state index < -0.39 is 11.9 Å². The lowest BCUT2D eigenvalue weighted by Crippen LogP contribution is -2.46. The van der Waals surface area contributed by atoms with E-state index in [1.807, 2.05) is 47.8 Å². The van der Waals surface area contributed by atoms with Crippen LogP contribution < -0.4 is 10.2 Å². The van der Waals surface area contributed by atoms with Crippen LogP contribution in [0.15, 0.2) is 64.6 Å². The van der Waals surface area contributed by atoms with E-state index in [4.69, 9.17) is 4.52 Å². The molecule has 1 atom stereocenters. The summed E-state index contributed by atoms with van der Waals surface area (Å²) in [4.78, 5) is 28.9. The van der Waals surface area contributed by atoms with Crippen LogP contribution in [0, 0.1) is 0 Å². The number of benzene rings is 1. The van der Waals surface area contributed by atoms with Crippen molar-refractivity contribution in [2.75, 3.05) is 4.90 Å². The van der Waals surface area contributed by atoms with Crippen molar-refractivity contribution >= 4 is 28.8 Å². The topological polar surface area (TPSA) is 75.4 Å². The molecule has 1 aliphatic carbocycles. The van der Waals surface area contributed by atoms with Crippen molar-refractivity contribution in [1.82, 2.24) is 10.5 Å². The van der Waals surface area contributed by atoms with Gasteiger partial charge < -0.3 is 9.84 Å². The van der Waals surface area contributed by atoms with Gasteiger partial charge >= 0.3 is 0 Å². The first-order valence-electron chi connectivity index (χ1n) is 9.37. The number of thiophene rings is 1. The predicted octanol–water partition coefficient (Wildman–Crippen LogP) is 4.18. The number of hydrogen-bond acceptors (Lipinski definition) is 5. The lowest BCUT2D eigenvalue weighted by atomic mass is 10.1. The third-order valence-corrected chi connectivity index (χ3v) is 5.85. The molecule has 0 bridgehead atoms. The summed E-state index contributed by atoms with van der Waals surface area (Å²) in [6, 6.07) is 13.9. The molecule has 4 rings (SSSR count). The molecule has 0 saturated heterocycles. The van der Waals surface area contributed by atoms with Crippen LogP contribution in [-0.4, -0.2) is 23.0 Å². The Morgan fingerprint density at radius 3 is 2.54 bits per heavy atom. The fraction of sp³-hybridized carbons (Fsp3) is 0.286. The van der Waals surface area contributed by atoms with Crippen LogP contribution in [0.3, 0.4) is 0 Å². The Morgan fingerprint density at radius 2 is 1.89 bits per heavy atom. The predicted molar refractivity (Wildman–Crippen MR) is 107 cm³/mol. The first-order valence-corrected chi connectivity index (χ1v) is 10.2. The van der Waals surface area contributed by atoms with Crippen molar-refractivity contribution in [3.8, 4) is 0 Å². The number of carbonyl (C=O) groups excluding carboxylic acids is 2. The molecule has 0 unspecified atom stereocenters. The number of rotatable bonds is 6. The Hall–Kier alpha value is -2.93. The number of nitrogens with one attached hydrogen (secondary N) is 1. The largest absolute Gasteiger partial charge is 0.351 e. The number of anilines is 1. The molecule has 0 radical (unpaired) electrons. The monoisotopic (exact) mass is 395 g/mol. The molecule has 3 aromatic rings. The average molecular weight is 395 g/mol. The summed E-state index contributed by atoms with van der Waals surface area (Å²) >= 11 is 1.45. The average Bonchev–Trinajstić information content (AvgIpc) is 3.49. The molecule has 1 saturated carbocycles. The van der Waals surface area contributed by atoms with Crippen LogP contribution in [0.5, 0.6) is 0 Å². The highest BCUT2D eigenvalue weighted by Gasteiger charge is 2.36. The van der Waals surface area contributed by atoms with E-state index in [1.165, 1.54) is 28.5 Å². The number of carbonyl (C=O) groups is 2. The molecule has 28 heavy (non-hydrogen) atoms. The molecule has 2 aromatic heterocycles. The molecular weight excluding hydrogens is 374 g/mol. The van der Waals surface area contributed by atoms with E-state index >= 15 is 0 Å². The minimum atomic E-state index is -0.777. The zero-order valence-corrected chi connectivity index (χ0v) is 16.1. The first kappa shape index (κ1) is 18.4. The smallest absolute Gasteiger partial charge is 0.297 e. The fourth-order valence-corrected chi connectivity index (χ4v) is 4.40. The lowest BCUT2D eigenvalue weighted by Gasteiger charge is -2.30. The first-order chi connectivity index (χ1) is 13.7. The Balaban J connectivity index is 1.74. The molecule has 1 fully saturated rings. The summed E-state index contributed by atoms with van der Waals surface area (Å²) in [7, 11) is 0. The molecule has 6 nitrogen and oxygen atoms in total. The van der Waals surface area contributed by atoms with Crippen LogP contribution in [-0.2, 0) is 4.79 Å². The van der Waals surface area contributed by atoms with Crippen LogP contribution in [0.25, 0.3) is 0 Å². The Bertz CT molecular complexity index is 904. The van der Waals surface area contributed by atoms with Crippen molar-refractivity contribution in [2.45, 2.75) is 37.8 Å². The molecule has 1 aliphatic rings. The van der Waals surface area contributed by atoms with Gasteiger partial charge in [-0.25, -0.2) is 0 Å². The zero-order valence-electron chi connectivity index (χ0n) is 15.3. The number of amides is 2. The third kappa shape index (κ3) is 3.84. The van der Waals surface area contributed by atoms with Gasteiger partial charge in [0, 0.05) is 22.7 Å². The molecule has 7 heteroatoms. The van der Waals surface area contributed by atoms with E-state index in [0.29, 0.717) is 5.69 Å². The standard InChI is InChI=1S/C21H21N3O3S/c25-20(23-15-7-4-5-8-15)19(18-11-6-14-28-18)24(16-9-2-1-3-10-16)21(26)17-12-13-22-27-17/h1-3,6,9-15,19H,4-5,7-8H2,(H,23,25)/t19-/m1/s1. The molecule has 2 amide bonds. The lowest BCUT2D eigenvalue weighted by molar-refractivity contribution is -0.123. The maximum atomic E-state index is 13.3. The number of nitrogens with zero attached hydrogens (tertiary/aromatic N) is 2. The quantitative estimate of drug-likeness (QED) is 0.679. The van der Waals surface area contributed by atoms with Gasteiger partial charge in [0.05, 0.1) is 6.20 Å². The van der Waals surface area contributed by atoms with Crippen LogP contribution in [0.2, 0.25) is 0 Å². The number of para-hydroxylation sites is 1. The normalized spacial score (nSPS) is 15.3.